The highest BCUT2D eigenvalue weighted by atomic mass is 19.1. The highest BCUT2D eigenvalue weighted by molar-refractivity contribution is 5.32. The number of hydrogen-bond acceptors (Lipinski definition) is 2. The lowest BCUT2D eigenvalue weighted by Crippen LogP contribution is -2.32. The van der Waals surface area contributed by atoms with Crippen molar-refractivity contribution in [2.24, 2.45) is 11.8 Å². The molecular weight excluding hydrogens is 310 g/mol. The first-order valence-electron chi connectivity index (χ1n) is 9.12. The molecule has 2 nitrogen and oxygen atoms in total. The maximum Gasteiger partial charge on any atom is 0.165 e. The van der Waals surface area contributed by atoms with Crippen LogP contribution in [0.2, 0.25) is 0 Å². The molecule has 2 saturated carbocycles. The lowest BCUT2D eigenvalue weighted by Gasteiger charge is -2.39. The Morgan fingerprint density at radius 1 is 0.958 bits per heavy atom. The summed E-state index contributed by atoms with van der Waals surface area (Å²) in [7, 11) is 3.22. The van der Waals surface area contributed by atoms with E-state index < -0.39 is 12.0 Å². The van der Waals surface area contributed by atoms with Crippen LogP contribution in [0.5, 0.6) is 5.75 Å². The highest BCUT2D eigenvalue weighted by Crippen LogP contribution is 2.44. The first-order chi connectivity index (χ1) is 11.6. The van der Waals surface area contributed by atoms with Crippen molar-refractivity contribution in [3.8, 4) is 5.75 Å². The number of hydrogen-bond donors (Lipinski definition) is 0. The molecule has 134 valence electrons. The fourth-order valence-electron chi connectivity index (χ4n) is 4.66. The van der Waals surface area contributed by atoms with Gasteiger partial charge in [0.1, 0.15) is 6.17 Å². The topological polar surface area (TPSA) is 18.5 Å². The summed E-state index contributed by atoms with van der Waals surface area (Å²) < 4.78 is 39.1. The van der Waals surface area contributed by atoms with Gasteiger partial charge in [-0.25, -0.2) is 8.78 Å². The van der Waals surface area contributed by atoms with Gasteiger partial charge < -0.3 is 9.47 Å². The van der Waals surface area contributed by atoms with Gasteiger partial charge >= 0.3 is 0 Å². The zero-order chi connectivity index (χ0) is 17.1. The predicted molar refractivity (Wildman–Crippen MR) is 90.7 cm³/mol. The van der Waals surface area contributed by atoms with Gasteiger partial charge in [-0.15, -0.1) is 0 Å². The minimum Gasteiger partial charge on any atom is -0.494 e. The molecule has 1 aromatic carbocycles. The van der Waals surface area contributed by atoms with Crippen molar-refractivity contribution < 1.29 is 18.3 Å². The first-order valence-corrected chi connectivity index (χ1v) is 9.12. The maximum absolute atomic E-state index is 14.8. The van der Waals surface area contributed by atoms with Crippen molar-refractivity contribution in [2.75, 3.05) is 14.2 Å². The second-order valence-corrected chi connectivity index (χ2v) is 7.36. The van der Waals surface area contributed by atoms with Gasteiger partial charge in [0.15, 0.2) is 11.6 Å². The average Bonchev–Trinajstić information content (AvgIpc) is 2.61. The Hall–Kier alpha value is -1.16. The van der Waals surface area contributed by atoms with Gasteiger partial charge in [-0.05, 0) is 74.5 Å². The van der Waals surface area contributed by atoms with Crippen molar-refractivity contribution in [3.05, 3.63) is 29.6 Å². The van der Waals surface area contributed by atoms with E-state index in [-0.39, 0.29) is 11.7 Å². The van der Waals surface area contributed by atoms with E-state index in [1.54, 1.807) is 13.2 Å². The van der Waals surface area contributed by atoms with E-state index in [1.807, 2.05) is 6.07 Å². The van der Waals surface area contributed by atoms with Crippen LogP contribution >= 0.6 is 0 Å². The van der Waals surface area contributed by atoms with E-state index in [1.165, 1.54) is 13.2 Å². The van der Waals surface area contributed by atoms with Crippen LogP contribution in [-0.4, -0.2) is 26.5 Å². The number of ether oxygens (including phenoxy) is 2. The van der Waals surface area contributed by atoms with Gasteiger partial charge in [0.05, 0.1) is 13.2 Å². The van der Waals surface area contributed by atoms with E-state index in [9.17, 15) is 8.78 Å². The molecule has 0 bridgehead atoms. The van der Waals surface area contributed by atoms with Gasteiger partial charge in [0.25, 0.3) is 0 Å². The van der Waals surface area contributed by atoms with Gasteiger partial charge in [0.2, 0.25) is 0 Å². The normalized spacial score (nSPS) is 34.1. The van der Waals surface area contributed by atoms with Gasteiger partial charge in [0, 0.05) is 13.0 Å². The van der Waals surface area contributed by atoms with E-state index in [0.29, 0.717) is 24.4 Å². The molecule has 0 radical (unpaired) electrons. The zero-order valence-corrected chi connectivity index (χ0v) is 14.6. The molecule has 0 N–H and O–H groups in total. The molecule has 0 saturated heterocycles. The number of halogens is 2. The van der Waals surface area contributed by atoms with E-state index in [0.717, 1.165) is 44.1 Å². The van der Waals surface area contributed by atoms with E-state index >= 15 is 0 Å². The summed E-state index contributed by atoms with van der Waals surface area (Å²) in [6, 6.07) is 4.86. The number of benzene rings is 1. The second kappa shape index (κ2) is 7.81. The SMILES string of the molecule is COc1ccc(C2CCC(C3CCC(OC)CC3)CC2F)cc1F. The van der Waals surface area contributed by atoms with E-state index in [4.69, 9.17) is 9.47 Å². The van der Waals surface area contributed by atoms with Crippen LogP contribution in [0.4, 0.5) is 8.78 Å². The van der Waals surface area contributed by atoms with Crippen LogP contribution in [0.3, 0.4) is 0 Å². The second-order valence-electron chi connectivity index (χ2n) is 7.36. The molecule has 1 aromatic rings. The molecule has 2 aliphatic carbocycles. The third-order valence-corrected chi connectivity index (χ3v) is 6.14. The summed E-state index contributed by atoms with van der Waals surface area (Å²) in [6.45, 7) is 0. The summed E-state index contributed by atoms with van der Waals surface area (Å²) in [6.07, 6.45) is 6.47. The monoisotopic (exact) mass is 338 g/mol. The van der Waals surface area contributed by atoms with Crippen LogP contribution in [0.25, 0.3) is 0 Å². The molecule has 0 aromatic heterocycles. The van der Waals surface area contributed by atoms with Crippen molar-refractivity contribution >= 4 is 0 Å². The lowest BCUT2D eigenvalue weighted by molar-refractivity contribution is 0.0332. The van der Waals surface area contributed by atoms with Crippen LogP contribution in [0.1, 0.15) is 56.4 Å². The Morgan fingerprint density at radius 3 is 2.25 bits per heavy atom. The summed E-state index contributed by atoms with van der Waals surface area (Å²) in [5.74, 6) is 0.734. The molecule has 0 aliphatic heterocycles. The lowest BCUT2D eigenvalue weighted by atomic mass is 9.69. The summed E-state index contributed by atoms with van der Waals surface area (Å²) in [5.41, 5.74) is 0.766. The predicted octanol–water partition coefficient (Wildman–Crippen LogP) is 5.26. The molecule has 3 rings (SSSR count). The standard InChI is InChI=1S/C20H28F2O2/c1-23-16-7-3-13(4-8-16)14-5-9-17(18(21)11-14)15-6-10-20(24-2)19(22)12-15/h6,10,12-14,16-18H,3-5,7-9,11H2,1-2H3. The highest BCUT2D eigenvalue weighted by Gasteiger charge is 2.36. The van der Waals surface area contributed by atoms with Crippen LogP contribution in [0.15, 0.2) is 18.2 Å². The zero-order valence-electron chi connectivity index (χ0n) is 14.6. The van der Waals surface area contributed by atoms with Gasteiger partial charge in [-0.1, -0.05) is 6.07 Å². The summed E-state index contributed by atoms with van der Waals surface area (Å²) in [4.78, 5) is 0. The Balaban J connectivity index is 1.60. The van der Waals surface area contributed by atoms with Crippen molar-refractivity contribution in [3.63, 3.8) is 0 Å². The quantitative estimate of drug-likeness (QED) is 0.745. The van der Waals surface area contributed by atoms with Crippen molar-refractivity contribution in [1.82, 2.24) is 0 Å². The Morgan fingerprint density at radius 2 is 1.67 bits per heavy atom. The van der Waals surface area contributed by atoms with Crippen LogP contribution in [0, 0.1) is 17.7 Å². The molecule has 0 amide bonds. The van der Waals surface area contributed by atoms with Crippen molar-refractivity contribution in [1.29, 1.82) is 0 Å². The molecule has 4 heteroatoms. The Kier molecular flexibility index (Phi) is 5.75. The minimum absolute atomic E-state index is 0.183. The van der Waals surface area contributed by atoms with Crippen molar-refractivity contribution in [2.45, 2.75) is 63.1 Å². The molecule has 24 heavy (non-hydrogen) atoms. The first kappa shape index (κ1) is 17.7. The molecule has 2 fully saturated rings. The number of rotatable bonds is 4. The van der Waals surface area contributed by atoms with Gasteiger partial charge in [-0.3, -0.25) is 0 Å². The molecule has 0 spiro atoms. The fourth-order valence-corrected chi connectivity index (χ4v) is 4.66. The number of methoxy groups -OCH3 is 2. The maximum atomic E-state index is 14.8. The number of alkyl halides is 1. The third kappa shape index (κ3) is 3.74. The smallest absolute Gasteiger partial charge is 0.165 e. The minimum atomic E-state index is -0.878. The van der Waals surface area contributed by atoms with Crippen LogP contribution in [-0.2, 0) is 4.74 Å². The summed E-state index contributed by atoms with van der Waals surface area (Å²) >= 11 is 0. The largest absolute Gasteiger partial charge is 0.494 e. The van der Waals surface area contributed by atoms with Gasteiger partial charge in [-0.2, -0.15) is 0 Å². The Labute approximate surface area is 143 Å². The average molecular weight is 338 g/mol. The fraction of sp³-hybridized carbons (Fsp3) is 0.700. The molecule has 3 unspecified atom stereocenters. The molecule has 0 heterocycles. The van der Waals surface area contributed by atoms with E-state index in [2.05, 4.69) is 0 Å². The Bertz CT molecular complexity index is 540. The summed E-state index contributed by atoms with van der Waals surface area (Å²) in [5, 5.41) is 0. The third-order valence-electron chi connectivity index (χ3n) is 6.14. The molecular formula is C20H28F2O2. The molecule has 3 atom stereocenters. The van der Waals surface area contributed by atoms with Crippen LogP contribution < -0.4 is 4.74 Å². The molecule has 2 aliphatic rings.